The van der Waals surface area contributed by atoms with Crippen LogP contribution in [0, 0.1) is 5.41 Å². The number of aromatic amines is 1. The van der Waals surface area contributed by atoms with Crippen molar-refractivity contribution < 1.29 is 4.74 Å². The number of fused-ring (bicyclic) bond motifs is 1. The minimum absolute atomic E-state index is 0.534. The largest absolute Gasteiger partial charge is 0.455 e. The van der Waals surface area contributed by atoms with Crippen molar-refractivity contribution in [3.63, 3.8) is 0 Å². The zero-order chi connectivity index (χ0) is 28.0. The number of rotatable bonds is 7. The Morgan fingerprint density at radius 2 is 1.85 bits per heavy atom. The van der Waals surface area contributed by atoms with Crippen molar-refractivity contribution in [2.45, 2.75) is 83.7 Å². The monoisotopic (exact) mass is 548 g/mol. The Labute approximate surface area is 244 Å². The molecule has 2 aliphatic heterocycles. The van der Waals surface area contributed by atoms with Crippen molar-refractivity contribution in [2.75, 3.05) is 24.5 Å². The summed E-state index contributed by atoms with van der Waals surface area (Å²) in [7, 11) is 0. The van der Waals surface area contributed by atoms with Gasteiger partial charge < -0.3 is 14.6 Å². The van der Waals surface area contributed by atoms with Crippen LogP contribution >= 0.6 is 0 Å². The molecule has 3 fully saturated rings. The first-order valence-electron chi connectivity index (χ1n) is 15.9. The third-order valence-corrected chi connectivity index (χ3v) is 10.3. The maximum atomic E-state index is 6.41. The lowest BCUT2D eigenvalue weighted by molar-refractivity contribution is -0.0227. The van der Waals surface area contributed by atoms with E-state index in [9.17, 15) is 0 Å². The summed E-state index contributed by atoms with van der Waals surface area (Å²) in [5.74, 6) is 2.33. The van der Waals surface area contributed by atoms with Gasteiger partial charge in [-0.05, 0) is 97.7 Å². The van der Waals surface area contributed by atoms with E-state index in [1.165, 1.54) is 56.3 Å². The topological polar surface area (TPSA) is 44.4 Å². The van der Waals surface area contributed by atoms with Crippen LogP contribution in [0.5, 0.6) is 11.5 Å². The molecular formula is C36H44N4O. The van der Waals surface area contributed by atoms with E-state index in [0.717, 1.165) is 48.1 Å². The fourth-order valence-corrected chi connectivity index (χ4v) is 7.95. The molecule has 0 bridgehead atoms. The van der Waals surface area contributed by atoms with Gasteiger partial charge in [0, 0.05) is 48.5 Å². The Hall–Kier alpha value is -3.31. The van der Waals surface area contributed by atoms with Gasteiger partial charge in [-0.25, -0.2) is 4.98 Å². The third-order valence-electron chi connectivity index (χ3n) is 10.3. The number of H-pyrrole nitrogens is 1. The predicted octanol–water partition coefficient (Wildman–Crippen LogP) is 8.63. The molecule has 5 nitrogen and oxygen atoms in total. The van der Waals surface area contributed by atoms with Crippen molar-refractivity contribution in [3.05, 3.63) is 83.7 Å². The molecular weight excluding hydrogens is 504 g/mol. The Balaban J connectivity index is 1.00. The summed E-state index contributed by atoms with van der Waals surface area (Å²) in [4.78, 5) is 13.1. The molecule has 4 heterocycles. The first-order chi connectivity index (χ1) is 20.0. The molecule has 1 atom stereocenters. The van der Waals surface area contributed by atoms with Gasteiger partial charge in [-0.1, -0.05) is 51.1 Å². The zero-order valence-corrected chi connectivity index (χ0v) is 24.9. The van der Waals surface area contributed by atoms with Crippen molar-refractivity contribution in [2.24, 2.45) is 5.41 Å². The van der Waals surface area contributed by atoms with Crippen molar-refractivity contribution >= 4 is 16.7 Å². The van der Waals surface area contributed by atoms with E-state index in [-0.39, 0.29) is 0 Å². The van der Waals surface area contributed by atoms with Crippen LogP contribution in [-0.4, -0.2) is 40.5 Å². The van der Waals surface area contributed by atoms with Crippen LogP contribution in [-0.2, 0) is 6.42 Å². The lowest BCUT2D eigenvalue weighted by atomic mass is 9.59. The maximum absolute atomic E-state index is 6.41. The number of hydrogen-bond acceptors (Lipinski definition) is 4. The van der Waals surface area contributed by atoms with Crippen LogP contribution in [0.4, 0.5) is 5.69 Å². The summed E-state index contributed by atoms with van der Waals surface area (Å²) >= 11 is 0. The molecule has 0 amide bonds. The molecule has 2 saturated heterocycles. The first-order valence-corrected chi connectivity index (χ1v) is 15.9. The number of ether oxygens (including phenoxy) is 1. The van der Waals surface area contributed by atoms with Crippen LogP contribution in [0.15, 0.2) is 67.0 Å². The fourth-order valence-electron chi connectivity index (χ4n) is 7.95. The van der Waals surface area contributed by atoms with Crippen LogP contribution in [0.2, 0.25) is 0 Å². The van der Waals surface area contributed by atoms with Gasteiger partial charge in [-0.2, -0.15) is 0 Å². The molecule has 1 aliphatic carbocycles. The second-order valence-electron chi connectivity index (χ2n) is 13.1. The van der Waals surface area contributed by atoms with Gasteiger partial charge in [-0.3, -0.25) is 4.90 Å². The number of piperidine rings is 1. The molecule has 214 valence electrons. The Morgan fingerprint density at radius 1 is 1.02 bits per heavy atom. The first kappa shape index (κ1) is 26.6. The minimum Gasteiger partial charge on any atom is -0.455 e. The number of nitrogens with zero attached hydrogens (tertiary/aromatic N) is 3. The highest BCUT2D eigenvalue weighted by molar-refractivity contribution is 5.76. The highest BCUT2D eigenvalue weighted by Gasteiger charge is 2.50. The molecule has 0 radical (unpaired) electrons. The van der Waals surface area contributed by atoms with Gasteiger partial charge >= 0.3 is 0 Å². The Kier molecular flexibility index (Phi) is 7.02. The zero-order valence-electron chi connectivity index (χ0n) is 24.9. The Morgan fingerprint density at radius 3 is 2.66 bits per heavy atom. The number of nitrogens with one attached hydrogen (secondary N) is 1. The predicted molar refractivity (Wildman–Crippen MR) is 168 cm³/mol. The number of hydrogen-bond donors (Lipinski definition) is 1. The highest BCUT2D eigenvalue weighted by atomic mass is 16.5. The fraction of sp³-hybridized carbons (Fsp3) is 0.472. The SMILES string of the molecule is CCc1ccc(N2CCC3(CC2)CC(N2CCC[C@H]2c2ccccc2C(C)C)C3)cc1Oc1cnc2[nH]ccc2c1. The number of pyridine rings is 1. The summed E-state index contributed by atoms with van der Waals surface area (Å²) in [5, 5.41) is 1.07. The van der Waals surface area contributed by atoms with Gasteiger partial charge in [0.05, 0.1) is 6.20 Å². The standard InChI is InChI=1S/C36H44N4O/c1-4-26-11-12-28(21-34(26)41-30-20-27-13-16-37-35(27)38-24-30)39-18-14-36(15-19-39)22-29(23-36)40-17-7-10-33(40)32-9-6-5-8-31(32)25(2)3/h5-6,8-9,11-13,16,20-21,24-25,29,33H,4,7,10,14-15,17-19,22-23H2,1-3H3,(H,37,38)/t33-/m0/s1. The maximum Gasteiger partial charge on any atom is 0.146 e. The normalized spacial score (nSPS) is 21.2. The quantitative estimate of drug-likeness (QED) is 0.251. The minimum atomic E-state index is 0.534. The molecule has 5 heteroatoms. The summed E-state index contributed by atoms with van der Waals surface area (Å²) < 4.78 is 6.41. The number of aromatic nitrogens is 2. The smallest absolute Gasteiger partial charge is 0.146 e. The molecule has 1 saturated carbocycles. The van der Waals surface area contributed by atoms with Gasteiger partial charge in [0.1, 0.15) is 17.1 Å². The lowest BCUT2D eigenvalue weighted by Gasteiger charge is -2.56. The third kappa shape index (κ3) is 5.03. The van der Waals surface area contributed by atoms with Gasteiger partial charge in [0.15, 0.2) is 0 Å². The molecule has 1 N–H and O–H groups in total. The van der Waals surface area contributed by atoms with Crippen LogP contribution in [0.1, 0.15) is 87.9 Å². The summed E-state index contributed by atoms with van der Waals surface area (Å²) in [6.45, 7) is 10.4. The number of benzene rings is 2. The number of anilines is 1. The molecule has 41 heavy (non-hydrogen) atoms. The molecule has 0 unspecified atom stereocenters. The molecule has 3 aliphatic rings. The van der Waals surface area contributed by atoms with Crippen molar-refractivity contribution in [1.82, 2.24) is 14.9 Å². The summed E-state index contributed by atoms with van der Waals surface area (Å²) in [6.07, 6.45) is 12.7. The Bertz CT molecular complexity index is 1510. The van der Waals surface area contributed by atoms with Gasteiger partial charge in [-0.15, -0.1) is 0 Å². The van der Waals surface area contributed by atoms with E-state index in [1.807, 2.05) is 18.5 Å². The molecule has 2 aromatic heterocycles. The van der Waals surface area contributed by atoms with Gasteiger partial charge in [0.25, 0.3) is 0 Å². The van der Waals surface area contributed by atoms with Gasteiger partial charge in [0.2, 0.25) is 0 Å². The van der Waals surface area contributed by atoms with Crippen molar-refractivity contribution in [1.29, 1.82) is 0 Å². The average molecular weight is 549 g/mol. The highest BCUT2D eigenvalue weighted by Crippen LogP contribution is 2.54. The average Bonchev–Trinajstić information content (AvgIpc) is 3.65. The van der Waals surface area contributed by atoms with E-state index in [0.29, 0.717) is 17.4 Å². The number of likely N-dealkylation sites (tertiary alicyclic amines) is 1. The van der Waals surface area contributed by atoms with E-state index in [4.69, 9.17) is 4.74 Å². The van der Waals surface area contributed by atoms with E-state index in [2.05, 4.69) is 89.1 Å². The molecule has 1 spiro atoms. The molecule has 2 aromatic carbocycles. The van der Waals surface area contributed by atoms with Crippen LogP contribution in [0.25, 0.3) is 11.0 Å². The van der Waals surface area contributed by atoms with Crippen LogP contribution in [0.3, 0.4) is 0 Å². The molecule has 7 rings (SSSR count). The van der Waals surface area contributed by atoms with E-state index in [1.54, 1.807) is 11.1 Å². The number of aryl methyl sites for hydroxylation is 1. The second kappa shape index (κ2) is 10.8. The lowest BCUT2D eigenvalue weighted by Crippen LogP contribution is -2.54. The second-order valence-corrected chi connectivity index (χ2v) is 13.1. The van der Waals surface area contributed by atoms with E-state index < -0.39 is 0 Å². The summed E-state index contributed by atoms with van der Waals surface area (Å²) in [6, 6.07) is 21.5. The molecule has 4 aromatic rings. The van der Waals surface area contributed by atoms with E-state index >= 15 is 0 Å². The summed E-state index contributed by atoms with van der Waals surface area (Å²) in [5.41, 5.74) is 7.08. The van der Waals surface area contributed by atoms with Crippen LogP contribution < -0.4 is 9.64 Å². The van der Waals surface area contributed by atoms with Crippen molar-refractivity contribution in [3.8, 4) is 11.5 Å².